The standard InChI is InChI=1S/C31H28N4O6S/c1-16(2)28(36)33-22-8-7-21(12-17(22)3)35-27(26(34-31(35)42)23-6-4-5-11-32-23)25-10-9-24(41-25)18-13-19(29(37)38)15-20(14-18)30(39)40/h4-16,26-27H,1-3H3,(H,33,36)(H,34,42)(H,37,38)(H,39,40)/t26-,27+/m1/s1. The van der Waals surface area contributed by atoms with Crippen molar-refractivity contribution in [3.63, 3.8) is 0 Å². The second-order valence-electron chi connectivity index (χ2n) is 10.3. The number of carboxylic acids is 2. The van der Waals surface area contributed by atoms with Gasteiger partial charge in [0.1, 0.15) is 17.6 Å². The number of pyridine rings is 1. The molecule has 5 rings (SSSR count). The van der Waals surface area contributed by atoms with Crippen LogP contribution in [0.5, 0.6) is 0 Å². The van der Waals surface area contributed by atoms with Crippen molar-refractivity contribution in [1.82, 2.24) is 10.3 Å². The fourth-order valence-corrected chi connectivity index (χ4v) is 5.17. The number of thiocarbonyl (C=S) groups is 1. The van der Waals surface area contributed by atoms with Crippen LogP contribution in [0.1, 0.15) is 63.7 Å². The number of nitrogens with zero attached hydrogens (tertiary/aromatic N) is 2. The Morgan fingerprint density at radius 2 is 1.71 bits per heavy atom. The van der Waals surface area contributed by atoms with E-state index in [0.29, 0.717) is 27.9 Å². The molecule has 214 valence electrons. The molecule has 4 aromatic rings. The van der Waals surface area contributed by atoms with Crippen LogP contribution in [0.4, 0.5) is 11.4 Å². The second-order valence-corrected chi connectivity index (χ2v) is 10.6. The Morgan fingerprint density at radius 1 is 1.00 bits per heavy atom. The summed E-state index contributed by atoms with van der Waals surface area (Å²) in [6.45, 7) is 5.55. The van der Waals surface area contributed by atoms with Crippen molar-refractivity contribution in [2.24, 2.45) is 5.92 Å². The molecule has 4 N–H and O–H groups in total. The quantitative estimate of drug-likeness (QED) is 0.187. The zero-order valence-corrected chi connectivity index (χ0v) is 23.8. The van der Waals surface area contributed by atoms with E-state index in [0.717, 1.165) is 23.0 Å². The average molecular weight is 585 g/mol. The minimum atomic E-state index is -1.25. The number of aromatic nitrogens is 1. The highest BCUT2D eigenvalue weighted by molar-refractivity contribution is 7.80. The van der Waals surface area contributed by atoms with Gasteiger partial charge in [0.2, 0.25) is 5.91 Å². The molecule has 42 heavy (non-hydrogen) atoms. The highest BCUT2D eigenvalue weighted by Gasteiger charge is 2.42. The fraction of sp³-hybridized carbons (Fsp3) is 0.194. The summed E-state index contributed by atoms with van der Waals surface area (Å²) in [7, 11) is 0. The smallest absolute Gasteiger partial charge is 0.335 e. The Kier molecular flexibility index (Phi) is 7.77. The maximum Gasteiger partial charge on any atom is 0.335 e. The van der Waals surface area contributed by atoms with Gasteiger partial charge >= 0.3 is 11.9 Å². The number of carbonyl (C=O) groups excluding carboxylic acids is 1. The Morgan fingerprint density at radius 3 is 2.31 bits per heavy atom. The van der Waals surface area contributed by atoms with E-state index in [9.17, 15) is 24.6 Å². The summed E-state index contributed by atoms with van der Waals surface area (Å²) < 4.78 is 6.30. The molecular weight excluding hydrogens is 556 g/mol. The normalized spacial score (nSPS) is 16.4. The van der Waals surface area contributed by atoms with E-state index in [4.69, 9.17) is 16.6 Å². The van der Waals surface area contributed by atoms with E-state index in [-0.39, 0.29) is 23.0 Å². The minimum Gasteiger partial charge on any atom is -0.478 e. The maximum absolute atomic E-state index is 12.3. The van der Waals surface area contributed by atoms with Gasteiger partial charge < -0.3 is 30.2 Å². The van der Waals surface area contributed by atoms with Crippen molar-refractivity contribution in [1.29, 1.82) is 0 Å². The van der Waals surface area contributed by atoms with E-state index in [2.05, 4.69) is 15.6 Å². The Hall–Kier alpha value is -5.03. The molecule has 1 saturated heterocycles. The van der Waals surface area contributed by atoms with Gasteiger partial charge in [-0.2, -0.15) is 0 Å². The van der Waals surface area contributed by atoms with Crippen molar-refractivity contribution < 1.29 is 29.0 Å². The zero-order chi connectivity index (χ0) is 30.1. The monoisotopic (exact) mass is 584 g/mol. The highest BCUT2D eigenvalue weighted by Crippen LogP contribution is 2.43. The number of aromatic carboxylic acids is 2. The van der Waals surface area contributed by atoms with E-state index in [1.165, 1.54) is 12.1 Å². The lowest BCUT2D eigenvalue weighted by atomic mass is 10.0. The van der Waals surface area contributed by atoms with Gasteiger partial charge in [0.15, 0.2) is 5.11 Å². The molecule has 0 saturated carbocycles. The lowest BCUT2D eigenvalue weighted by Crippen LogP contribution is -2.29. The SMILES string of the molecule is Cc1cc(N2C(=S)N[C@H](c3ccccn3)[C@@H]2c2ccc(-c3cc(C(=O)O)cc(C(=O)O)c3)o2)ccc1NC(=O)C(C)C. The molecule has 0 spiro atoms. The molecule has 0 bridgehead atoms. The second kappa shape index (κ2) is 11.5. The van der Waals surface area contributed by atoms with E-state index >= 15 is 0 Å². The van der Waals surface area contributed by atoms with Crippen molar-refractivity contribution >= 4 is 46.6 Å². The van der Waals surface area contributed by atoms with E-state index in [1.54, 1.807) is 18.3 Å². The fourth-order valence-electron chi connectivity index (χ4n) is 4.82. The van der Waals surface area contributed by atoms with Gasteiger partial charge in [0, 0.05) is 29.1 Å². The van der Waals surface area contributed by atoms with Crippen LogP contribution in [0.25, 0.3) is 11.3 Å². The third kappa shape index (κ3) is 5.59. The third-order valence-electron chi connectivity index (χ3n) is 7.00. The first-order valence-corrected chi connectivity index (χ1v) is 13.6. The molecule has 2 aromatic carbocycles. The molecule has 2 atom stereocenters. The average Bonchev–Trinajstić information content (AvgIpc) is 3.59. The topological polar surface area (TPSA) is 145 Å². The predicted molar refractivity (Wildman–Crippen MR) is 161 cm³/mol. The molecule has 1 fully saturated rings. The number of amides is 1. The van der Waals surface area contributed by atoms with Crippen molar-refractivity contribution in [2.75, 3.05) is 10.2 Å². The van der Waals surface area contributed by atoms with Gasteiger partial charge in [-0.15, -0.1) is 0 Å². The summed E-state index contributed by atoms with van der Waals surface area (Å²) in [5.74, 6) is -1.95. The van der Waals surface area contributed by atoms with Gasteiger partial charge in [-0.25, -0.2) is 9.59 Å². The van der Waals surface area contributed by atoms with Crippen molar-refractivity contribution in [3.8, 4) is 11.3 Å². The minimum absolute atomic E-state index is 0.0848. The summed E-state index contributed by atoms with van der Waals surface area (Å²) in [4.78, 5) is 42.1. The van der Waals surface area contributed by atoms with Crippen LogP contribution in [0.15, 0.2) is 77.3 Å². The number of benzene rings is 2. The van der Waals surface area contributed by atoms with Crippen LogP contribution < -0.4 is 15.5 Å². The van der Waals surface area contributed by atoms with Crippen LogP contribution in [-0.2, 0) is 4.79 Å². The largest absolute Gasteiger partial charge is 0.478 e. The summed E-state index contributed by atoms with van der Waals surface area (Å²) in [6, 6.07) is 17.6. The van der Waals surface area contributed by atoms with E-state index < -0.39 is 24.0 Å². The van der Waals surface area contributed by atoms with Crippen molar-refractivity contribution in [2.45, 2.75) is 32.9 Å². The van der Waals surface area contributed by atoms with Crippen LogP contribution >= 0.6 is 12.2 Å². The first-order valence-electron chi connectivity index (χ1n) is 13.2. The summed E-state index contributed by atoms with van der Waals surface area (Å²) in [6.07, 6.45) is 1.69. The van der Waals surface area contributed by atoms with Gasteiger partial charge in [0.05, 0.1) is 22.9 Å². The Balaban J connectivity index is 1.58. The molecule has 3 heterocycles. The first-order chi connectivity index (χ1) is 20.0. The van der Waals surface area contributed by atoms with Crippen molar-refractivity contribution in [3.05, 3.63) is 101 Å². The molecule has 1 aliphatic rings. The third-order valence-corrected chi connectivity index (χ3v) is 7.31. The van der Waals surface area contributed by atoms with Crippen LogP contribution in [0.3, 0.4) is 0 Å². The number of hydrogen-bond acceptors (Lipinski definition) is 6. The summed E-state index contributed by atoms with van der Waals surface area (Å²) in [5, 5.41) is 25.8. The molecular formula is C31H28N4O6S. The number of rotatable bonds is 8. The molecule has 0 unspecified atom stereocenters. The summed E-state index contributed by atoms with van der Waals surface area (Å²) in [5.41, 5.74) is 3.00. The van der Waals surface area contributed by atoms with Gasteiger partial charge in [-0.3, -0.25) is 9.78 Å². The number of hydrogen-bond donors (Lipinski definition) is 4. The number of carbonyl (C=O) groups is 3. The maximum atomic E-state index is 12.3. The molecule has 1 aliphatic heterocycles. The molecule has 0 radical (unpaired) electrons. The summed E-state index contributed by atoms with van der Waals surface area (Å²) >= 11 is 5.79. The molecule has 10 nitrogen and oxygen atoms in total. The zero-order valence-electron chi connectivity index (χ0n) is 23.0. The molecule has 11 heteroatoms. The molecule has 0 aliphatic carbocycles. The molecule has 1 amide bonds. The highest BCUT2D eigenvalue weighted by atomic mass is 32.1. The lowest BCUT2D eigenvalue weighted by Gasteiger charge is -2.27. The predicted octanol–water partition coefficient (Wildman–Crippen LogP) is 5.82. The lowest BCUT2D eigenvalue weighted by molar-refractivity contribution is -0.118. The number of furan rings is 1. The molecule has 2 aromatic heterocycles. The number of carboxylic acid groups (broad SMARTS) is 2. The van der Waals surface area contributed by atoms with Gasteiger partial charge in [-0.05, 0) is 85.4 Å². The van der Waals surface area contributed by atoms with Crippen LogP contribution in [0, 0.1) is 12.8 Å². The van der Waals surface area contributed by atoms with E-state index in [1.807, 2.05) is 62.1 Å². The number of aryl methyl sites for hydroxylation is 1. The number of anilines is 2. The van der Waals surface area contributed by atoms with Crippen LogP contribution in [-0.4, -0.2) is 38.2 Å². The first kappa shape index (κ1) is 28.5. The van der Waals surface area contributed by atoms with Gasteiger partial charge in [-0.1, -0.05) is 19.9 Å². The Bertz CT molecular complexity index is 1670. The van der Waals surface area contributed by atoms with Gasteiger partial charge in [0.25, 0.3) is 0 Å². The Labute approximate surface area is 247 Å². The van der Waals surface area contributed by atoms with Crippen LogP contribution in [0.2, 0.25) is 0 Å². The number of nitrogens with one attached hydrogen (secondary N) is 2.